The average molecular weight is 602 g/mol. The second-order valence-electron chi connectivity index (χ2n) is 15.0. The highest BCUT2D eigenvalue weighted by atomic mass is 19.1. The number of benzene rings is 1. The third-order valence-corrected chi connectivity index (χ3v) is 11.2. The molecule has 3 aromatic rings. The van der Waals surface area contributed by atoms with Crippen LogP contribution in [0.4, 0.5) is 10.1 Å². The number of alkyl halides is 1. The zero-order valence-corrected chi connectivity index (χ0v) is 26.4. The Morgan fingerprint density at radius 3 is 2.36 bits per heavy atom. The van der Waals surface area contributed by atoms with Gasteiger partial charge in [0.25, 0.3) is 0 Å². The molecule has 6 fully saturated rings. The van der Waals surface area contributed by atoms with Gasteiger partial charge in [-0.2, -0.15) is 4.98 Å². The Kier molecular flexibility index (Phi) is 7.28. The van der Waals surface area contributed by atoms with E-state index in [1.807, 2.05) is 36.1 Å². The molecule has 2 unspecified atom stereocenters. The molecule has 1 aromatic carbocycles. The number of carbonyl (C=O) groups is 1. The Morgan fingerprint density at radius 2 is 1.75 bits per heavy atom. The van der Waals surface area contributed by atoms with E-state index in [-0.39, 0.29) is 39.9 Å². The maximum Gasteiger partial charge on any atom is 0.232 e. The van der Waals surface area contributed by atoms with E-state index in [9.17, 15) is 9.18 Å². The molecular weight excluding hydrogens is 557 g/mol. The first-order valence-corrected chi connectivity index (χ1v) is 16.4. The number of anilines is 1. The molecule has 1 amide bonds. The number of amides is 1. The van der Waals surface area contributed by atoms with Gasteiger partial charge in [-0.1, -0.05) is 38.1 Å². The number of rotatable bonds is 8. The monoisotopic (exact) mass is 601 g/mol. The summed E-state index contributed by atoms with van der Waals surface area (Å²) >= 11 is 0. The van der Waals surface area contributed by atoms with Crippen molar-refractivity contribution in [1.29, 1.82) is 0 Å². The van der Waals surface area contributed by atoms with Gasteiger partial charge in [-0.05, 0) is 94.1 Å². The van der Waals surface area contributed by atoms with Crippen molar-refractivity contribution >= 4 is 11.6 Å². The van der Waals surface area contributed by atoms with Crippen LogP contribution in [0.2, 0.25) is 0 Å². The Morgan fingerprint density at radius 1 is 1.05 bits per heavy atom. The van der Waals surface area contributed by atoms with Crippen LogP contribution in [0.25, 0.3) is 11.4 Å². The van der Waals surface area contributed by atoms with Crippen molar-refractivity contribution in [3.8, 4) is 17.1 Å². The summed E-state index contributed by atoms with van der Waals surface area (Å²) in [5.74, 6) is 2.99. The van der Waals surface area contributed by atoms with Crippen LogP contribution < -0.4 is 9.64 Å². The molecular formula is C35H44FN5O3. The number of ether oxygens (including phenoxy) is 1. The molecule has 234 valence electrons. The topological polar surface area (TPSA) is 94.2 Å². The minimum Gasteiger partial charge on any atom is -0.491 e. The van der Waals surface area contributed by atoms with Gasteiger partial charge in [0.1, 0.15) is 6.17 Å². The molecule has 9 heteroatoms. The van der Waals surface area contributed by atoms with E-state index in [2.05, 4.69) is 35.9 Å². The predicted molar refractivity (Wildman–Crippen MR) is 165 cm³/mol. The number of aromatic nitrogens is 4. The van der Waals surface area contributed by atoms with E-state index in [0.29, 0.717) is 31.1 Å². The van der Waals surface area contributed by atoms with Crippen molar-refractivity contribution < 1.29 is 18.4 Å². The first-order chi connectivity index (χ1) is 21.1. The highest BCUT2D eigenvalue weighted by Gasteiger charge is 2.55. The second-order valence-corrected chi connectivity index (χ2v) is 15.0. The molecule has 2 atom stereocenters. The summed E-state index contributed by atoms with van der Waals surface area (Å²) in [6.07, 6.45) is 10.4. The molecule has 0 aliphatic heterocycles. The van der Waals surface area contributed by atoms with E-state index in [0.717, 1.165) is 74.3 Å². The van der Waals surface area contributed by atoms with Crippen LogP contribution >= 0.6 is 0 Å². The fourth-order valence-electron chi connectivity index (χ4n) is 8.18. The Labute approximate surface area is 259 Å². The van der Waals surface area contributed by atoms with Crippen molar-refractivity contribution in [1.82, 2.24) is 20.1 Å². The third-order valence-electron chi connectivity index (χ3n) is 11.2. The number of halogens is 1. The maximum absolute atomic E-state index is 14.9. The molecule has 2 aromatic heterocycles. The lowest BCUT2D eigenvalue weighted by molar-refractivity contribution is -0.133. The summed E-state index contributed by atoms with van der Waals surface area (Å²) < 4.78 is 26.3. The van der Waals surface area contributed by atoms with Gasteiger partial charge in [-0.25, -0.2) is 14.4 Å². The van der Waals surface area contributed by atoms with Crippen molar-refractivity contribution in [3.05, 3.63) is 48.4 Å². The molecule has 6 aliphatic carbocycles. The molecule has 2 heterocycles. The first-order valence-electron chi connectivity index (χ1n) is 16.4. The lowest BCUT2D eigenvalue weighted by atomic mass is 9.53. The van der Waals surface area contributed by atoms with Crippen LogP contribution in [-0.2, 0) is 15.6 Å². The highest BCUT2D eigenvalue weighted by Crippen LogP contribution is 2.58. The molecule has 0 N–H and O–H groups in total. The third kappa shape index (κ3) is 5.20. The van der Waals surface area contributed by atoms with Gasteiger partial charge >= 0.3 is 0 Å². The molecule has 9 rings (SSSR count). The lowest BCUT2D eigenvalue weighted by Gasteiger charge is -2.54. The van der Waals surface area contributed by atoms with Gasteiger partial charge < -0.3 is 14.2 Å². The lowest BCUT2D eigenvalue weighted by Crippen LogP contribution is -2.54. The second kappa shape index (κ2) is 10.9. The molecule has 0 saturated heterocycles. The number of nitrogens with zero attached hydrogens (tertiary/aromatic N) is 5. The van der Waals surface area contributed by atoms with E-state index in [1.165, 1.54) is 0 Å². The fourth-order valence-corrected chi connectivity index (χ4v) is 8.18. The van der Waals surface area contributed by atoms with Crippen LogP contribution in [0.5, 0.6) is 5.75 Å². The number of hydrogen-bond acceptors (Lipinski definition) is 7. The van der Waals surface area contributed by atoms with Crippen LogP contribution in [0.1, 0.15) is 97.2 Å². The van der Waals surface area contributed by atoms with Crippen molar-refractivity contribution in [2.75, 3.05) is 18.1 Å². The largest absolute Gasteiger partial charge is 0.491 e. The smallest absolute Gasteiger partial charge is 0.232 e. The minimum absolute atomic E-state index is 0.00185. The normalized spacial score (nSPS) is 30.9. The van der Waals surface area contributed by atoms with Crippen LogP contribution in [0.15, 0.2) is 41.2 Å². The van der Waals surface area contributed by atoms with Crippen molar-refractivity contribution in [3.63, 3.8) is 0 Å². The van der Waals surface area contributed by atoms with Gasteiger partial charge in [0, 0.05) is 34.5 Å². The molecule has 0 spiro atoms. The Balaban J connectivity index is 1.16. The van der Waals surface area contributed by atoms with Crippen molar-refractivity contribution in [2.45, 2.75) is 102 Å². The molecule has 6 saturated carbocycles. The van der Waals surface area contributed by atoms with Gasteiger partial charge in [-0.15, -0.1) is 0 Å². The summed E-state index contributed by atoms with van der Waals surface area (Å²) in [6, 6.07) is 7.97. The summed E-state index contributed by atoms with van der Waals surface area (Å²) in [6.45, 7) is 9.43. The molecule has 6 aliphatic rings. The van der Waals surface area contributed by atoms with Crippen LogP contribution in [0, 0.1) is 23.2 Å². The Bertz CT molecular complexity index is 1480. The minimum atomic E-state index is -0.880. The fraction of sp³-hybridized carbons (Fsp3) is 0.629. The van der Waals surface area contributed by atoms with E-state index in [1.54, 1.807) is 12.4 Å². The predicted octanol–water partition coefficient (Wildman–Crippen LogP) is 7.23. The molecule has 4 bridgehead atoms. The number of hydrogen-bond donors (Lipinski definition) is 0. The highest BCUT2D eigenvalue weighted by molar-refractivity contribution is 5.96. The van der Waals surface area contributed by atoms with E-state index >= 15 is 0 Å². The maximum atomic E-state index is 14.9. The molecule has 0 radical (unpaired) electrons. The van der Waals surface area contributed by atoms with E-state index < -0.39 is 6.17 Å². The quantitative estimate of drug-likeness (QED) is 0.269. The zero-order valence-electron chi connectivity index (χ0n) is 26.4. The van der Waals surface area contributed by atoms with Gasteiger partial charge in [0.05, 0.1) is 19.0 Å². The van der Waals surface area contributed by atoms with Crippen LogP contribution in [0.3, 0.4) is 0 Å². The van der Waals surface area contributed by atoms with E-state index in [4.69, 9.17) is 14.2 Å². The average Bonchev–Trinajstić information content (AvgIpc) is 3.53. The summed E-state index contributed by atoms with van der Waals surface area (Å²) in [5.41, 5.74) is 1.44. The number of carbonyl (C=O) groups excluding carboxylic acids is 1. The van der Waals surface area contributed by atoms with Crippen LogP contribution in [-0.4, -0.2) is 45.3 Å². The van der Waals surface area contributed by atoms with Crippen molar-refractivity contribution in [2.24, 2.45) is 23.2 Å². The number of fused-ring (bicyclic) bond motifs is 5. The molecule has 44 heavy (non-hydrogen) atoms. The summed E-state index contributed by atoms with van der Waals surface area (Å²) in [7, 11) is 0. The summed E-state index contributed by atoms with van der Waals surface area (Å²) in [4.78, 5) is 30.4. The first kappa shape index (κ1) is 29.4. The van der Waals surface area contributed by atoms with Gasteiger partial charge in [0.15, 0.2) is 17.4 Å². The SMILES string of the molecule is CCOc1cnc(-c2cccc(N(CC34CCC(c5nc(C(C)(C)C)no5)(CC3)CC4)C(=O)C3CC(F)C4CC3C4)c2)nc1. The molecule has 8 nitrogen and oxygen atoms in total. The Hall–Kier alpha value is -3.36. The van der Waals surface area contributed by atoms with Gasteiger partial charge in [-0.3, -0.25) is 4.79 Å². The standard InChI is InChI=1S/C35H44FN5O3/c1-5-43-26-19-37-29(38-20-26)22-7-6-8-25(17-22)41(30(42)27-18-28(36)24-15-23(27)16-24)21-34-9-12-35(13-10-34,14-11-34)32-39-31(40-44-32)33(2,3)4/h6-8,17,19-20,23-24,27-28H,5,9-16,18,21H2,1-4H3. The van der Waals surface area contributed by atoms with Gasteiger partial charge in [0.2, 0.25) is 11.8 Å². The summed E-state index contributed by atoms with van der Waals surface area (Å²) in [5, 5.41) is 4.33. The zero-order chi connectivity index (χ0) is 30.7.